The van der Waals surface area contributed by atoms with Gasteiger partial charge >= 0.3 is 0 Å². The second-order valence-electron chi connectivity index (χ2n) is 3.96. The van der Waals surface area contributed by atoms with Gasteiger partial charge in [-0.25, -0.2) is 8.78 Å². The average Bonchev–Trinajstić information content (AvgIpc) is 2.71. The lowest BCUT2D eigenvalue weighted by molar-refractivity contribution is 0.499. The molecule has 0 aliphatic heterocycles. The Bertz CT molecular complexity index is 570. The number of aryl methyl sites for hydroxylation is 1. The Balaban J connectivity index is 2.24. The van der Waals surface area contributed by atoms with Gasteiger partial charge in [0.1, 0.15) is 0 Å². The number of nitrogens with zero attached hydrogens (tertiary/aromatic N) is 3. The van der Waals surface area contributed by atoms with E-state index in [0.29, 0.717) is 17.7 Å². The topological polar surface area (TPSA) is 56.7 Å². The van der Waals surface area contributed by atoms with Gasteiger partial charge in [-0.05, 0) is 27.6 Å². The van der Waals surface area contributed by atoms with Crippen molar-refractivity contribution in [3.8, 4) is 0 Å². The second kappa shape index (κ2) is 5.11. The molecule has 0 spiro atoms. The predicted octanol–water partition coefficient (Wildman–Crippen LogP) is 2.10. The van der Waals surface area contributed by atoms with Crippen molar-refractivity contribution in [1.82, 2.24) is 15.0 Å². The van der Waals surface area contributed by atoms with Crippen LogP contribution in [0, 0.1) is 11.6 Å². The van der Waals surface area contributed by atoms with E-state index in [1.807, 2.05) is 0 Å². The van der Waals surface area contributed by atoms with Crippen molar-refractivity contribution in [3.05, 3.63) is 45.7 Å². The van der Waals surface area contributed by atoms with Crippen molar-refractivity contribution in [3.63, 3.8) is 0 Å². The molecule has 0 saturated carbocycles. The molecule has 1 aromatic heterocycles. The zero-order valence-corrected chi connectivity index (χ0v) is 11.2. The Morgan fingerprint density at radius 1 is 1.44 bits per heavy atom. The van der Waals surface area contributed by atoms with Crippen LogP contribution in [0.5, 0.6) is 0 Å². The molecule has 0 bridgehead atoms. The van der Waals surface area contributed by atoms with Crippen LogP contribution < -0.4 is 5.73 Å². The highest BCUT2D eigenvalue weighted by atomic mass is 79.9. The Morgan fingerprint density at radius 3 is 2.78 bits per heavy atom. The smallest absolute Gasteiger partial charge is 0.173 e. The molecule has 0 fully saturated rings. The molecule has 1 aromatic carbocycles. The van der Waals surface area contributed by atoms with E-state index in [1.54, 1.807) is 17.9 Å². The second-order valence-corrected chi connectivity index (χ2v) is 4.75. The SMILES string of the molecule is Cn1cc(CC(N)c2ccc(F)c(F)c2Br)nn1. The predicted molar refractivity (Wildman–Crippen MR) is 65.7 cm³/mol. The normalized spacial score (nSPS) is 12.7. The van der Waals surface area contributed by atoms with E-state index >= 15 is 0 Å². The molecule has 0 aliphatic carbocycles. The summed E-state index contributed by atoms with van der Waals surface area (Å²) in [5, 5.41) is 7.68. The van der Waals surface area contributed by atoms with Gasteiger partial charge in [0.2, 0.25) is 0 Å². The molecule has 2 N–H and O–H groups in total. The van der Waals surface area contributed by atoms with Gasteiger partial charge in [0.15, 0.2) is 11.6 Å². The molecule has 1 heterocycles. The van der Waals surface area contributed by atoms with Gasteiger partial charge in [0, 0.05) is 25.7 Å². The largest absolute Gasteiger partial charge is 0.324 e. The minimum atomic E-state index is -0.929. The summed E-state index contributed by atoms with van der Waals surface area (Å²) < 4.78 is 28.0. The minimum absolute atomic E-state index is 0.0545. The van der Waals surface area contributed by atoms with Crippen LogP contribution >= 0.6 is 15.9 Å². The molecule has 96 valence electrons. The van der Waals surface area contributed by atoms with Crippen molar-refractivity contribution in [2.45, 2.75) is 12.5 Å². The lowest BCUT2D eigenvalue weighted by Gasteiger charge is -2.13. The first-order valence-electron chi connectivity index (χ1n) is 5.23. The molecule has 0 saturated heterocycles. The Hall–Kier alpha value is -1.34. The third-order valence-electron chi connectivity index (χ3n) is 2.54. The molecule has 2 aromatic rings. The third kappa shape index (κ3) is 2.56. The zero-order valence-electron chi connectivity index (χ0n) is 9.57. The van der Waals surface area contributed by atoms with E-state index in [2.05, 4.69) is 26.2 Å². The summed E-state index contributed by atoms with van der Waals surface area (Å²) in [7, 11) is 1.75. The molecule has 1 unspecified atom stereocenters. The van der Waals surface area contributed by atoms with Crippen molar-refractivity contribution >= 4 is 15.9 Å². The van der Waals surface area contributed by atoms with Crippen molar-refractivity contribution in [1.29, 1.82) is 0 Å². The average molecular weight is 317 g/mol. The van der Waals surface area contributed by atoms with Crippen molar-refractivity contribution < 1.29 is 8.78 Å². The van der Waals surface area contributed by atoms with Crippen LogP contribution in [0.3, 0.4) is 0 Å². The van der Waals surface area contributed by atoms with Gasteiger partial charge in [-0.3, -0.25) is 4.68 Å². The van der Waals surface area contributed by atoms with Gasteiger partial charge in [-0.15, -0.1) is 5.10 Å². The molecule has 0 amide bonds. The summed E-state index contributed by atoms with van der Waals surface area (Å²) in [4.78, 5) is 0. The number of aromatic nitrogens is 3. The number of hydrogen-bond acceptors (Lipinski definition) is 3. The molecule has 1 atom stereocenters. The highest BCUT2D eigenvalue weighted by Crippen LogP contribution is 2.28. The quantitative estimate of drug-likeness (QED) is 0.882. The van der Waals surface area contributed by atoms with Gasteiger partial charge in [-0.2, -0.15) is 0 Å². The number of rotatable bonds is 3. The maximum absolute atomic E-state index is 13.4. The van der Waals surface area contributed by atoms with Crippen LogP contribution in [0.15, 0.2) is 22.8 Å². The molecule has 0 radical (unpaired) electrons. The van der Waals surface area contributed by atoms with Gasteiger partial charge in [-0.1, -0.05) is 11.3 Å². The highest BCUT2D eigenvalue weighted by molar-refractivity contribution is 9.10. The molecule has 4 nitrogen and oxygen atoms in total. The van der Waals surface area contributed by atoms with Gasteiger partial charge in [0.05, 0.1) is 10.2 Å². The summed E-state index contributed by atoms with van der Waals surface area (Å²) in [6.45, 7) is 0. The summed E-state index contributed by atoms with van der Waals surface area (Å²) in [6.07, 6.45) is 2.13. The lowest BCUT2D eigenvalue weighted by Crippen LogP contribution is -2.15. The van der Waals surface area contributed by atoms with Gasteiger partial charge < -0.3 is 5.73 Å². The monoisotopic (exact) mass is 316 g/mol. The first-order valence-corrected chi connectivity index (χ1v) is 6.02. The summed E-state index contributed by atoms with van der Waals surface area (Å²) >= 11 is 3.01. The molecule has 18 heavy (non-hydrogen) atoms. The van der Waals surface area contributed by atoms with E-state index in [4.69, 9.17) is 5.73 Å². The van der Waals surface area contributed by atoms with Crippen LogP contribution in [-0.2, 0) is 13.5 Å². The van der Waals surface area contributed by atoms with Crippen LogP contribution in [0.1, 0.15) is 17.3 Å². The maximum atomic E-state index is 13.4. The number of hydrogen-bond donors (Lipinski definition) is 1. The van der Waals surface area contributed by atoms with Crippen molar-refractivity contribution in [2.24, 2.45) is 12.8 Å². The first kappa shape index (κ1) is 13.1. The molecular formula is C11H11BrF2N4. The van der Waals surface area contributed by atoms with E-state index in [1.165, 1.54) is 6.07 Å². The summed E-state index contributed by atoms with van der Waals surface area (Å²) in [6, 6.07) is 2.04. The van der Waals surface area contributed by atoms with E-state index in [0.717, 1.165) is 6.07 Å². The fourth-order valence-electron chi connectivity index (χ4n) is 1.65. The highest BCUT2D eigenvalue weighted by Gasteiger charge is 2.17. The Labute approximate surface area is 111 Å². The number of benzene rings is 1. The lowest BCUT2D eigenvalue weighted by atomic mass is 10.0. The standard InChI is InChI=1S/C11H11BrF2N4/c1-18-5-6(16-17-18)4-9(15)7-2-3-8(13)11(14)10(7)12/h2-3,5,9H,4,15H2,1H3. The van der Waals surface area contributed by atoms with E-state index in [9.17, 15) is 8.78 Å². The van der Waals surface area contributed by atoms with Crippen LogP contribution in [0.2, 0.25) is 0 Å². The van der Waals surface area contributed by atoms with Crippen LogP contribution in [0.25, 0.3) is 0 Å². The molecule has 2 rings (SSSR count). The Morgan fingerprint density at radius 2 is 2.17 bits per heavy atom. The minimum Gasteiger partial charge on any atom is -0.324 e. The number of nitrogens with two attached hydrogens (primary N) is 1. The third-order valence-corrected chi connectivity index (χ3v) is 3.35. The summed E-state index contributed by atoms with van der Waals surface area (Å²) in [5.41, 5.74) is 7.16. The molecule has 0 aliphatic rings. The van der Waals surface area contributed by atoms with Crippen LogP contribution in [0.4, 0.5) is 8.78 Å². The fourth-order valence-corrected chi connectivity index (χ4v) is 2.27. The van der Waals surface area contributed by atoms with Crippen LogP contribution in [-0.4, -0.2) is 15.0 Å². The maximum Gasteiger partial charge on any atom is 0.173 e. The van der Waals surface area contributed by atoms with E-state index in [-0.39, 0.29) is 4.47 Å². The first-order chi connectivity index (χ1) is 8.49. The fraction of sp³-hybridized carbons (Fsp3) is 0.273. The van der Waals surface area contributed by atoms with E-state index < -0.39 is 17.7 Å². The number of halogens is 3. The molecular weight excluding hydrogens is 306 g/mol. The zero-order chi connectivity index (χ0) is 13.3. The molecule has 7 heteroatoms. The Kier molecular flexibility index (Phi) is 3.72. The van der Waals surface area contributed by atoms with Gasteiger partial charge in [0.25, 0.3) is 0 Å². The summed E-state index contributed by atoms with van der Waals surface area (Å²) in [5.74, 6) is -1.83. The van der Waals surface area contributed by atoms with Crippen molar-refractivity contribution in [2.75, 3.05) is 0 Å².